The van der Waals surface area contributed by atoms with Gasteiger partial charge in [0.05, 0.1) is 5.56 Å². The minimum atomic E-state index is 0. The summed E-state index contributed by atoms with van der Waals surface area (Å²) in [5, 5.41) is 3.70. The molecular formula is C18H29ClN2OS. The molecular weight excluding hydrogens is 328 g/mol. The second-order valence-electron chi connectivity index (χ2n) is 6.29. The van der Waals surface area contributed by atoms with Gasteiger partial charge in [0, 0.05) is 23.2 Å². The highest BCUT2D eigenvalue weighted by Gasteiger charge is 2.24. The van der Waals surface area contributed by atoms with E-state index in [2.05, 4.69) is 25.2 Å². The van der Waals surface area contributed by atoms with E-state index in [9.17, 15) is 4.79 Å². The maximum Gasteiger partial charge on any atom is 0.254 e. The summed E-state index contributed by atoms with van der Waals surface area (Å²) in [7, 11) is 2.00. The number of benzene rings is 1. The zero-order valence-electron chi connectivity index (χ0n) is 14.4. The van der Waals surface area contributed by atoms with E-state index in [1.54, 1.807) is 11.8 Å². The van der Waals surface area contributed by atoms with Crippen LogP contribution in [0.3, 0.4) is 0 Å². The van der Waals surface area contributed by atoms with Gasteiger partial charge in [-0.05, 0) is 50.9 Å². The number of thioether (sulfide) groups is 1. The predicted molar refractivity (Wildman–Crippen MR) is 102 cm³/mol. The number of rotatable bonds is 6. The van der Waals surface area contributed by atoms with Crippen molar-refractivity contribution in [3.8, 4) is 0 Å². The van der Waals surface area contributed by atoms with Crippen molar-refractivity contribution in [2.45, 2.75) is 43.3 Å². The first-order valence-corrected chi connectivity index (χ1v) is 9.19. The average molecular weight is 357 g/mol. The second kappa shape index (κ2) is 10.2. The van der Waals surface area contributed by atoms with Crippen LogP contribution in [-0.4, -0.2) is 42.7 Å². The summed E-state index contributed by atoms with van der Waals surface area (Å²) in [5.41, 5.74) is 0.870. The van der Waals surface area contributed by atoms with Crippen LogP contribution in [0.1, 0.15) is 43.5 Å². The number of piperidine rings is 1. The number of amides is 1. The van der Waals surface area contributed by atoms with Gasteiger partial charge in [-0.3, -0.25) is 4.79 Å². The first-order valence-electron chi connectivity index (χ1n) is 8.31. The monoisotopic (exact) mass is 356 g/mol. The number of carbonyl (C=O) groups excluding carboxylic acids is 1. The Hall–Kier alpha value is -0.710. The molecule has 2 rings (SSSR count). The van der Waals surface area contributed by atoms with Gasteiger partial charge in [-0.2, -0.15) is 0 Å². The third kappa shape index (κ3) is 6.02. The van der Waals surface area contributed by atoms with Crippen molar-refractivity contribution in [3.63, 3.8) is 0 Å². The third-order valence-corrected chi connectivity index (χ3v) is 5.27. The Morgan fingerprint density at radius 1 is 1.30 bits per heavy atom. The van der Waals surface area contributed by atoms with Gasteiger partial charge in [0.2, 0.25) is 0 Å². The number of hydrogen-bond donors (Lipinski definition) is 1. The molecule has 5 heteroatoms. The van der Waals surface area contributed by atoms with Gasteiger partial charge in [0.15, 0.2) is 0 Å². The van der Waals surface area contributed by atoms with E-state index < -0.39 is 0 Å². The van der Waals surface area contributed by atoms with Crippen molar-refractivity contribution < 1.29 is 4.79 Å². The average Bonchev–Trinajstić information content (AvgIpc) is 2.53. The molecule has 1 heterocycles. The van der Waals surface area contributed by atoms with E-state index in [0.29, 0.717) is 5.25 Å². The summed E-state index contributed by atoms with van der Waals surface area (Å²) in [4.78, 5) is 16.0. The molecule has 0 spiro atoms. The molecule has 23 heavy (non-hydrogen) atoms. The number of carbonyl (C=O) groups is 1. The molecule has 1 aromatic carbocycles. The van der Waals surface area contributed by atoms with Gasteiger partial charge in [-0.1, -0.05) is 26.0 Å². The lowest BCUT2D eigenvalue weighted by molar-refractivity contribution is 0.0683. The van der Waals surface area contributed by atoms with E-state index in [4.69, 9.17) is 0 Å². The SMILES string of the molecule is CNCCC1CCN(C(=O)c2ccccc2SC(C)C)CC1.Cl. The molecule has 0 aliphatic carbocycles. The molecule has 0 aromatic heterocycles. The topological polar surface area (TPSA) is 32.3 Å². The first kappa shape index (κ1) is 20.3. The molecule has 1 fully saturated rings. The third-order valence-electron chi connectivity index (χ3n) is 4.18. The summed E-state index contributed by atoms with van der Waals surface area (Å²) in [5.74, 6) is 0.965. The number of hydrogen-bond acceptors (Lipinski definition) is 3. The van der Waals surface area contributed by atoms with Crippen molar-refractivity contribution in [3.05, 3.63) is 29.8 Å². The fourth-order valence-corrected chi connectivity index (χ4v) is 3.89. The lowest BCUT2D eigenvalue weighted by Crippen LogP contribution is -2.39. The van der Waals surface area contributed by atoms with Crippen LogP contribution in [0.15, 0.2) is 29.2 Å². The van der Waals surface area contributed by atoms with E-state index in [1.807, 2.05) is 30.1 Å². The molecule has 0 atom stereocenters. The molecule has 1 aliphatic rings. The highest BCUT2D eigenvalue weighted by atomic mass is 35.5. The van der Waals surface area contributed by atoms with E-state index >= 15 is 0 Å². The van der Waals surface area contributed by atoms with Crippen LogP contribution in [-0.2, 0) is 0 Å². The minimum absolute atomic E-state index is 0. The van der Waals surface area contributed by atoms with Crippen LogP contribution in [0.5, 0.6) is 0 Å². The highest BCUT2D eigenvalue weighted by molar-refractivity contribution is 8.00. The molecule has 1 aromatic rings. The van der Waals surface area contributed by atoms with Crippen LogP contribution in [0.4, 0.5) is 0 Å². The van der Waals surface area contributed by atoms with Gasteiger partial charge in [-0.25, -0.2) is 0 Å². The second-order valence-corrected chi connectivity index (χ2v) is 7.91. The van der Waals surface area contributed by atoms with Crippen molar-refractivity contribution in [2.24, 2.45) is 5.92 Å². The van der Waals surface area contributed by atoms with Crippen LogP contribution < -0.4 is 5.32 Å². The van der Waals surface area contributed by atoms with Gasteiger partial charge in [-0.15, -0.1) is 24.2 Å². The normalized spacial score (nSPS) is 15.6. The lowest BCUT2D eigenvalue weighted by Gasteiger charge is -2.32. The summed E-state index contributed by atoms with van der Waals surface area (Å²) in [6.07, 6.45) is 3.48. The molecule has 0 bridgehead atoms. The summed E-state index contributed by atoms with van der Waals surface area (Å²) in [6.45, 7) is 7.20. The van der Waals surface area contributed by atoms with Crippen LogP contribution in [0, 0.1) is 5.92 Å². The largest absolute Gasteiger partial charge is 0.339 e. The first-order chi connectivity index (χ1) is 10.6. The van der Waals surface area contributed by atoms with Gasteiger partial charge < -0.3 is 10.2 Å². The molecule has 1 aliphatic heterocycles. The Kier molecular flexibility index (Phi) is 9.03. The maximum absolute atomic E-state index is 12.8. The quantitative estimate of drug-likeness (QED) is 0.780. The Balaban J connectivity index is 0.00000264. The summed E-state index contributed by atoms with van der Waals surface area (Å²) < 4.78 is 0. The fourth-order valence-electron chi connectivity index (χ4n) is 2.94. The van der Waals surface area contributed by atoms with E-state index in [1.165, 1.54) is 6.42 Å². The molecule has 0 unspecified atom stereocenters. The molecule has 1 amide bonds. The van der Waals surface area contributed by atoms with E-state index in [-0.39, 0.29) is 18.3 Å². The van der Waals surface area contributed by atoms with Crippen molar-refractivity contribution in [1.29, 1.82) is 0 Å². The van der Waals surface area contributed by atoms with Crippen LogP contribution >= 0.6 is 24.2 Å². The Bertz CT molecular complexity index is 488. The van der Waals surface area contributed by atoms with Crippen molar-refractivity contribution >= 4 is 30.1 Å². The van der Waals surface area contributed by atoms with Crippen molar-refractivity contribution in [2.75, 3.05) is 26.7 Å². The fraction of sp³-hybridized carbons (Fsp3) is 0.611. The van der Waals surface area contributed by atoms with Gasteiger partial charge >= 0.3 is 0 Å². The summed E-state index contributed by atoms with van der Waals surface area (Å²) >= 11 is 1.77. The van der Waals surface area contributed by atoms with Crippen LogP contribution in [0.2, 0.25) is 0 Å². The summed E-state index contributed by atoms with van der Waals surface area (Å²) in [6, 6.07) is 8.03. The predicted octanol–water partition coefficient (Wildman–Crippen LogP) is 4.07. The lowest BCUT2D eigenvalue weighted by atomic mass is 9.93. The Labute approximate surface area is 151 Å². The number of nitrogens with zero attached hydrogens (tertiary/aromatic N) is 1. The standard InChI is InChI=1S/C18H28N2OS.ClH/c1-14(2)22-17-7-5-4-6-16(17)18(21)20-12-9-15(10-13-20)8-11-19-3;/h4-7,14-15,19H,8-13H2,1-3H3;1H. The molecule has 0 saturated carbocycles. The number of nitrogens with one attached hydrogen (secondary N) is 1. The van der Waals surface area contributed by atoms with Crippen LogP contribution in [0.25, 0.3) is 0 Å². The molecule has 3 nitrogen and oxygen atoms in total. The molecule has 0 radical (unpaired) electrons. The molecule has 1 N–H and O–H groups in total. The number of likely N-dealkylation sites (tertiary alicyclic amines) is 1. The molecule has 1 saturated heterocycles. The maximum atomic E-state index is 12.8. The Morgan fingerprint density at radius 2 is 1.96 bits per heavy atom. The Morgan fingerprint density at radius 3 is 2.57 bits per heavy atom. The highest BCUT2D eigenvalue weighted by Crippen LogP contribution is 2.29. The molecule has 130 valence electrons. The number of halogens is 1. The minimum Gasteiger partial charge on any atom is -0.339 e. The zero-order valence-corrected chi connectivity index (χ0v) is 16.0. The van der Waals surface area contributed by atoms with Gasteiger partial charge in [0.1, 0.15) is 0 Å². The smallest absolute Gasteiger partial charge is 0.254 e. The van der Waals surface area contributed by atoms with Crippen molar-refractivity contribution in [1.82, 2.24) is 10.2 Å². The van der Waals surface area contributed by atoms with E-state index in [0.717, 1.165) is 48.9 Å². The zero-order chi connectivity index (χ0) is 15.9. The van der Waals surface area contributed by atoms with Gasteiger partial charge in [0.25, 0.3) is 5.91 Å².